The maximum absolute atomic E-state index is 14.7. The van der Waals surface area contributed by atoms with Gasteiger partial charge in [-0.05, 0) is 90.0 Å². The second-order valence-corrected chi connectivity index (χ2v) is 14.0. The summed E-state index contributed by atoms with van der Waals surface area (Å²) in [5, 5.41) is 9.47. The lowest BCUT2D eigenvalue weighted by atomic mass is 9.66. The summed E-state index contributed by atoms with van der Waals surface area (Å²) in [5.41, 5.74) is 1.84. The summed E-state index contributed by atoms with van der Waals surface area (Å²) in [6, 6.07) is 7.27. The fraction of sp³-hybridized carbons (Fsp3) is 0.618. The summed E-state index contributed by atoms with van der Waals surface area (Å²) in [6.07, 6.45) is 8.61. The fourth-order valence-corrected chi connectivity index (χ4v) is 9.72. The van der Waals surface area contributed by atoms with Crippen molar-refractivity contribution in [3.05, 3.63) is 49.6 Å². The maximum Gasteiger partial charge on any atom is 0.311 e. The van der Waals surface area contributed by atoms with E-state index in [-0.39, 0.29) is 24.4 Å². The van der Waals surface area contributed by atoms with Crippen molar-refractivity contribution in [3.8, 4) is 0 Å². The third-order valence-corrected chi connectivity index (χ3v) is 11.5. The average Bonchev–Trinajstić information content (AvgIpc) is 3.57. The molecule has 2 unspecified atom stereocenters. The normalized spacial score (nSPS) is 27.2. The molecule has 236 valence electrons. The predicted molar refractivity (Wildman–Crippen MR) is 174 cm³/mol. The Morgan fingerprint density at radius 1 is 1.07 bits per heavy atom. The molecule has 3 heterocycles. The van der Waals surface area contributed by atoms with Crippen LogP contribution in [0, 0.1) is 11.8 Å². The first-order valence-electron chi connectivity index (χ1n) is 15.9. The number of hydrogen-bond donors (Lipinski definition) is 1. The summed E-state index contributed by atoms with van der Waals surface area (Å²) in [5.74, 6) is -1.83. The number of fused-ring (bicyclic) bond motifs is 1. The molecule has 3 aliphatic heterocycles. The van der Waals surface area contributed by atoms with E-state index in [1.165, 1.54) is 0 Å². The minimum Gasteiger partial charge on any atom is -0.465 e. The van der Waals surface area contributed by atoms with Crippen LogP contribution >= 0.6 is 11.8 Å². The first-order valence-corrected chi connectivity index (χ1v) is 16.7. The van der Waals surface area contributed by atoms with Gasteiger partial charge in [0.2, 0.25) is 5.91 Å². The van der Waals surface area contributed by atoms with Gasteiger partial charge in [0.25, 0.3) is 5.91 Å². The number of hydrogen-bond acceptors (Lipinski definition) is 7. The van der Waals surface area contributed by atoms with Crippen LogP contribution in [-0.2, 0) is 19.1 Å². The van der Waals surface area contributed by atoms with Gasteiger partial charge >= 0.3 is 5.97 Å². The lowest BCUT2D eigenvalue weighted by molar-refractivity contribution is -0.155. The van der Waals surface area contributed by atoms with Crippen LogP contribution in [0.4, 0.5) is 11.4 Å². The van der Waals surface area contributed by atoms with E-state index in [0.717, 1.165) is 50.1 Å². The Morgan fingerprint density at radius 3 is 2.40 bits per heavy atom. The number of ether oxygens (including phenoxy) is 1. The largest absolute Gasteiger partial charge is 0.465 e. The molecule has 1 aromatic carbocycles. The molecule has 9 heteroatoms. The molecule has 0 aromatic heterocycles. The molecule has 43 heavy (non-hydrogen) atoms. The highest BCUT2D eigenvalue weighted by molar-refractivity contribution is 8.02. The number of allylic oxidation sites excluding steroid dienone is 1. The summed E-state index contributed by atoms with van der Waals surface area (Å²) in [7, 11) is 0. The molecule has 3 aliphatic rings. The Morgan fingerprint density at radius 2 is 1.77 bits per heavy atom. The van der Waals surface area contributed by atoms with E-state index >= 15 is 0 Å². The number of anilines is 2. The number of likely N-dealkylation sites (tertiary alicyclic amines) is 1. The van der Waals surface area contributed by atoms with Crippen molar-refractivity contribution in [2.45, 2.75) is 81.3 Å². The monoisotopic (exact) mass is 611 g/mol. The Kier molecular flexibility index (Phi) is 11.0. The first kappa shape index (κ1) is 33.1. The van der Waals surface area contributed by atoms with E-state index in [1.54, 1.807) is 27.6 Å². The minimum absolute atomic E-state index is 0.0182. The van der Waals surface area contributed by atoms with Gasteiger partial charge < -0.3 is 24.5 Å². The van der Waals surface area contributed by atoms with Gasteiger partial charge in [-0.3, -0.25) is 14.4 Å². The Labute approximate surface area is 261 Å². The van der Waals surface area contributed by atoms with Crippen LogP contribution in [0.3, 0.4) is 0 Å². The van der Waals surface area contributed by atoms with Crippen LogP contribution in [0.15, 0.2) is 49.6 Å². The number of esters is 1. The molecule has 5 atom stereocenters. The zero-order valence-electron chi connectivity index (χ0n) is 26.1. The molecule has 0 aliphatic carbocycles. The van der Waals surface area contributed by atoms with Crippen molar-refractivity contribution in [2.24, 2.45) is 11.8 Å². The number of thioether (sulfide) groups is 1. The van der Waals surface area contributed by atoms with Crippen LogP contribution in [0.25, 0.3) is 0 Å². The van der Waals surface area contributed by atoms with Crippen molar-refractivity contribution in [1.82, 2.24) is 4.90 Å². The molecule has 3 fully saturated rings. The second-order valence-electron chi connectivity index (χ2n) is 12.1. The molecule has 2 bridgehead atoms. The summed E-state index contributed by atoms with van der Waals surface area (Å²) in [6.45, 7) is 16.7. The summed E-state index contributed by atoms with van der Waals surface area (Å²) >= 11 is 1.66. The highest BCUT2D eigenvalue weighted by atomic mass is 32.2. The summed E-state index contributed by atoms with van der Waals surface area (Å²) < 4.78 is 4.59. The van der Waals surface area contributed by atoms with Crippen LogP contribution in [0.1, 0.15) is 65.7 Å². The SMILES string of the molecule is C=CCCCCOC(=O)[C@H]1[C@H]2C(=O)N(CCCCO)C(C(=O)N(CC=C)c3ccc(N(CC)CC)cc3)C23CC[C@]1(C)S3. The number of carbonyl (C=O) groups excluding carboxylic acids is 3. The highest BCUT2D eigenvalue weighted by Gasteiger charge is 2.77. The topological polar surface area (TPSA) is 90.4 Å². The quantitative estimate of drug-likeness (QED) is 0.147. The van der Waals surface area contributed by atoms with Gasteiger partial charge in [-0.25, -0.2) is 0 Å². The number of unbranched alkanes of at least 4 members (excludes halogenated alkanes) is 3. The Bertz CT molecular complexity index is 1170. The van der Waals surface area contributed by atoms with E-state index < -0.39 is 27.4 Å². The van der Waals surface area contributed by atoms with Gasteiger partial charge in [0, 0.05) is 48.9 Å². The number of rotatable bonds is 17. The minimum atomic E-state index is -0.719. The van der Waals surface area contributed by atoms with Crippen LogP contribution in [0.5, 0.6) is 0 Å². The van der Waals surface area contributed by atoms with E-state index in [9.17, 15) is 19.5 Å². The van der Waals surface area contributed by atoms with E-state index in [4.69, 9.17) is 4.74 Å². The number of carbonyl (C=O) groups is 3. The molecule has 8 nitrogen and oxygen atoms in total. The van der Waals surface area contributed by atoms with E-state index in [0.29, 0.717) is 39.0 Å². The second kappa shape index (κ2) is 14.3. The third-order valence-electron chi connectivity index (χ3n) is 9.49. The Balaban J connectivity index is 1.67. The van der Waals surface area contributed by atoms with Gasteiger partial charge in [-0.2, -0.15) is 0 Å². The molecular formula is C34H49N3O5S. The van der Waals surface area contributed by atoms with Crippen LogP contribution in [0.2, 0.25) is 0 Å². The van der Waals surface area contributed by atoms with E-state index in [1.807, 2.05) is 30.3 Å². The van der Waals surface area contributed by atoms with Crippen molar-refractivity contribution < 1.29 is 24.2 Å². The van der Waals surface area contributed by atoms with Gasteiger partial charge in [0.15, 0.2) is 0 Å². The maximum atomic E-state index is 14.7. The predicted octanol–water partition coefficient (Wildman–Crippen LogP) is 5.21. The molecule has 4 rings (SSSR count). The number of nitrogens with zero attached hydrogens (tertiary/aromatic N) is 3. The summed E-state index contributed by atoms with van der Waals surface area (Å²) in [4.78, 5) is 48.3. The highest BCUT2D eigenvalue weighted by Crippen LogP contribution is 2.71. The first-order chi connectivity index (χ1) is 20.7. The van der Waals surface area contributed by atoms with Gasteiger partial charge in [0.1, 0.15) is 6.04 Å². The average molecular weight is 612 g/mol. The molecule has 0 saturated carbocycles. The zero-order chi connectivity index (χ0) is 31.2. The fourth-order valence-electron chi connectivity index (χ4n) is 7.38. The smallest absolute Gasteiger partial charge is 0.311 e. The van der Waals surface area contributed by atoms with E-state index in [2.05, 4.69) is 38.8 Å². The third kappa shape index (κ3) is 6.25. The number of aliphatic hydroxyl groups is 1. The zero-order valence-corrected chi connectivity index (χ0v) is 26.9. The lowest BCUT2D eigenvalue weighted by Gasteiger charge is -2.37. The Hall–Kier alpha value is -2.78. The molecular weight excluding hydrogens is 562 g/mol. The number of benzene rings is 1. The lowest BCUT2D eigenvalue weighted by Crippen LogP contribution is -2.55. The van der Waals surface area contributed by atoms with Crippen LogP contribution in [-0.4, -0.2) is 82.7 Å². The van der Waals surface area contributed by atoms with Crippen molar-refractivity contribution in [3.63, 3.8) is 0 Å². The van der Waals surface area contributed by atoms with Gasteiger partial charge in [-0.15, -0.1) is 24.9 Å². The number of amides is 2. The number of aliphatic hydroxyl groups excluding tert-OH is 1. The molecule has 0 radical (unpaired) electrons. The molecule has 3 saturated heterocycles. The van der Waals surface area contributed by atoms with Crippen molar-refractivity contribution in [1.29, 1.82) is 0 Å². The van der Waals surface area contributed by atoms with Crippen molar-refractivity contribution in [2.75, 3.05) is 49.2 Å². The molecule has 1 spiro atoms. The van der Waals surface area contributed by atoms with Gasteiger partial charge in [0.05, 0.1) is 23.2 Å². The van der Waals surface area contributed by atoms with Gasteiger partial charge in [-0.1, -0.05) is 12.2 Å². The van der Waals surface area contributed by atoms with Crippen molar-refractivity contribution >= 4 is 40.9 Å². The standard InChI is InChI=1S/C34H49N3O5S/c1-6-10-11-14-24-42-32(41)28-27-30(39)37(22-12-13-23-38)29(34(27)20-19-33(28,5)43-34)31(40)36(21-7-2)26-17-15-25(16-18-26)35(8-3)9-4/h6-7,15-18,27-29,38H,1-2,8-14,19-24H2,3-5H3/t27-,28+,29?,33-,34?/m0/s1. The molecule has 1 aromatic rings. The molecule has 1 N–H and O–H groups in total. The van der Waals surface area contributed by atoms with Crippen LogP contribution < -0.4 is 9.80 Å². The molecule has 2 amide bonds.